The van der Waals surface area contributed by atoms with Gasteiger partial charge in [0.25, 0.3) is 0 Å². The molecule has 12 heavy (non-hydrogen) atoms. The molecule has 0 saturated carbocycles. The highest BCUT2D eigenvalue weighted by Crippen LogP contribution is 2.09. The van der Waals surface area contributed by atoms with Crippen LogP contribution in [0.3, 0.4) is 0 Å². The molecule has 3 nitrogen and oxygen atoms in total. The number of hydrogen-bond donors (Lipinski definition) is 2. The summed E-state index contributed by atoms with van der Waals surface area (Å²) in [5, 5.41) is 17.5. The monoisotopic (exact) mass is 176 g/mol. The summed E-state index contributed by atoms with van der Waals surface area (Å²) in [6, 6.07) is 0. The smallest absolute Gasteiger partial charge is 0.0598 e. The lowest BCUT2D eigenvalue weighted by Gasteiger charge is -2.20. The molecule has 0 radical (unpaired) electrons. The standard InChI is InChI=1S/C9H20O3/c1-9(2,3)12-5-4-8(6-10)7-11/h8,10-11H,4-7H2,1-3H3. The molecule has 0 bridgehead atoms. The Morgan fingerprint density at radius 3 is 2.00 bits per heavy atom. The van der Waals surface area contributed by atoms with Crippen molar-refractivity contribution in [3.63, 3.8) is 0 Å². The zero-order valence-electron chi connectivity index (χ0n) is 8.21. The molecule has 0 rings (SSSR count). The van der Waals surface area contributed by atoms with E-state index in [1.165, 1.54) is 0 Å². The minimum Gasteiger partial charge on any atom is -0.396 e. The molecule has 0 unspecified atom stereocenters. The number of aliphatic hydroxyl groups excluding tert-OH is 2. The SMILES string of the molecule is CC(C)(C)OCCC(CO)CO. The molecule has 2 N–H and O–H groups in total. The molecule has 74 valence electrons. The largest absolute Gasteiger partial charge is 0.396 e. The van der Waals surface area contributed by atoms with Crippen molar-refractivity contribution in [1.29, 1.82) is 0 Å². The zero-order chi connectivity index (χ0) is 9.61. The Labute approximate surface area is 74.4 Å². The molecule has 0 aromatic rings. The van der Waals surface area contributed by atoms with Gasteiger partial charge in [0.1, 0.15) is 0 Å². The molecular weight excluding hydrogens is 156 g/mol. The summed E-state index contributed by atoms with van der Waals surface area (Å²) < 4.78 is 5.44. The van der Waals surface area contributed by atoms with Crippen LogP contribution in [0, 0.1) is 5.92 Å². The minimum absolute atomic E-state index is 0.0317. The van der Waals surface area contributed by atoms with Crippen molar-refractivity contribution in [1.82, 2.24) is 0 Å². The molecule has 0 aromatic heterocycles. The minimum atomic E-state index is -0.130. The van der Waals surface area contributed by atoms with Crippen LogP contribution < -0.4 is 0 Å². The molecule has 0 aliphatic rings. The lowest BCUT2D eigenvalue weighted by molar-refractivity contribution is -0.0160. The Bertz CT molecular complexity index is 103. The topological polar surface area (TPSA) is 49.7 Å². The highest BCUT2D eigenvalue weighted by molar-refractivity contribution is 4.60. The second-order valence-electron chi connectivity index (χ2n) is 3.98. The van der Waals surface area contributed by atoms with Crippen LogP contribution in [0.1, 0.15) is 27.2 Å². The molecular formula is C9H20O3. The van der Waals surface area contributed by atoms with Crippen LogP contribution in [0.5, 0.6) is 0 Å². The molecule has 0 heterocycles. The van der Waals surface area contributed by atoms with E-state index in [2.05, 4.69) is 0 Å². The van der Waals surface area contributed by atoms with Gasteiger partial charge >= 0.3 is 0 Å². The number of aliphatic hydroxyl groups is 2. The molecule has 0 aliphatic heterocycles. The van der Waals surface area contributed by atoms with Crippen LogP contribution in [-0.4, -0.2) is 35.6 Å². The predicted octanol–water partition coefficient (Wildman–Crippen LogP) is 0.792. The molecule has 0 fully saturated rings. The molecule has 0 aromatic carbocycles. The lowest BCUT2D eigenvalue weighted by Crippen LogP contribution is -2.22. The first kappa shape index (κ1) is 11.9. The Hall–Kier alpha value is -0.120. The van der Waals surface area contributed by atoms with Gasteiger partial charge in [-0.25, -0.2) is 0 Å². The van der Waals surface area contributed by atoms with Gasteiger partial charge < -0.3 is 14.9 Å². The summed E-state index contributed by atoms with van der Waals surface area (Å²) in [6.45, 7) is 6.61. The fourth-order valence-electron chi connectivity index (χ4n) is 0.772. The Kier molecular flexibility index (Phi) is 5.46. The van der Waals surface area contributed by atoms with Crippen molar-refractivity contribution >= 4 is 0 Å². The maximum absolute atomic E-state index is 8.74. The Morgan fingerprint density at radius 2 is 1.67 bits per heavy atom. The Morgan fingerprint density at radius 1 is 1.17 bits per heavy atom. The summed E-state index contributed by atoms with van der Waals surface area (Å²) in [4.78, 5) is 0. The van der Waals surface area contributed by atoms with Gasteiger partial charge in [0.05, 0.1) is 5.60 Å². The van der Waals surface area contributed by atoms with Gasteiger partial charge in [0.15, 0.2) is 0 Å². The third kappa shape index (κ3) is 6.58. The van der Waals surface area contributed by atoms with Crippen molar-refractivity contribution in [2.45, 2.75) is 32.8 Å². The van der Waals surface area contributed by atoms with E-state index < -0.39 is 0 Å². The van der Waals surface area contributed by atoms with Crippen LogP contribution in [0.4, 0.5) is 0 Å². The van der Waals surface area contributed by atoms with Gasteiger partial charge in [0.2, 0.25) is 0 Å². The number of ether oxygens (including phenoxy) is 1. The van der Waals surface area contributed by atoms with Crippen LogP contribution in [0.2, 0.25) is 0 Å². The molecule has 0 atom stereocenters. The van der Waals surface area contributed by atoms with Crippen LogP contribution >= 0.6 is 0 Å². The van der Waals surface area contributed by atoms with Crippen molar-refractivity contribution in [3.05, 3.63) is 0 Å². The first-order valence-corrected chi connectivity index (χ1v) is 4.35. The van der Waals surface area contributed by atoms with Crippen molar-refractivity contribution in [2.24, 2.45) is 5.92 Å². The van der Waals surface area contributed by atoms with E-state index in [0.717, 1.165) is 0 Å². The van der Waals surface area contributed by atoms with Crippen molar-refractivity contribution in [3.8, 4) is 0 Å². The van der Waals surface area contributed by atoms with E-state index in [0.29, 0.717) is 13.0 Å². The first-order chi connectivity index (χ1) is 5.49. The molecule has 0 amide bonds. The van der Waals surface area contributed by atoms with E-state index in [4.69, 9.17) is 14.9 Å². The Balaban J connectivity index is 3.41. The molecule has 0 spiro atoms. The van der Waals surface area contributed by atoms with Crippen LogP contribution in [-0.2, 0) is 4.74 Å². The second kappa shape index (κ2) is 5.51. The van der Waals surface area contributed by atoms with E-state index in [1.807, 2.05) is 20.8 Å². The molecule has 0 saturated heterocycles. The van der Waals surface area contributed by atoms with E-state index in [-0.39, 0.29) is 24.7 Å². The summed E-state index contributed by atoms with van der Waals surface area (Å²) in [5.74, 6) is -0.0349. The van der Waals surface area contributed by atoms with Crippen LogP contribution in [0.15, 0.2) is 0 Å². The molecule has 0 aliphatic carbocycles. The van der Waals surface area contributed by atoms with Crippen LogP contribution in [0.25, 0.3) is 0 Å². The zero-order valence-corrected chi connectivity index (χ0v) is 8.21. The van der Waals surface area contributed by atoms with Gasteiger partial charge in [-0.05, 0) is 27.2 Å². The van der Waals surface area contributed by atoms with Gasteiger partial charge in [-0.3, -0.25) is 0 Å². The summed E-state index contributed by atoms with van der Waals surface area (Å²) >= 11 is 0. The molecule has 3 heteroatoms. The van der Waals surface area contributed by atoms with Gasteiger partial charge in [-0.15, -0.1) is 0 Å². The predicted molar refractivity (Wildman–Crippen MR) is 48.0 cm³/mol. The first-order valence-electron chi connectivity index (χ1n) is 4.35. The maximum Gasteiger partial charge on any atom is 0.0598 e. The highest BCUT2D eigenvalue weighted by atomic mass is 16.5. The average molecular weight is 176 g/mol. The fourth-order valence-corrected chi connectivity index (χ4v) is 0.772. The summed E-state index contributed by atoms with van der Waals surface area (Å²) in [5.41, 5.74) is -0.130. The summed E-state index contributed by atoms with van der Waals surface area (Å²) in [6.07, 6.45) is 0.713. The van der Waals surface area contributed by atoms with E-state index in [9.17, 15) is 0 Å². The quantitative estimate of drug-likeness (QED) is 0.651. The number of hydrogen-bond acceptors (Lipinski definition) is 3. The lowest BCUT2D eigenvalue weighted by atomic mass is 10.1. The number of rotatable bonds is 5. The van der Waals surface area contributed by atoms with Gasteiger partial charge in [-0.2, -0.15) is 0 Å². The summed E-state index contributed by atoms with van der Waals surface area (Å²) in [7, 11) is 0. The van der Waals surface area contributed by atoms with E-state index >= 15 is 0 Å². The van der Waals surface area contributed by atoms with Crippen molar-refractivity contribution < 1.29 is 14.9 Å². The van der Waals surface area contributed by atoms with Gasteiger partial charge in [-0.1, -0.05) is 0 Å². The maximum atomic E-state index is 8.74. The van der Waals surface area contributed by atoms with Gasteiger partial charge in [0, 0.05) is 25.7 Å². The average Bonchev–Trinajstić information content (AvgIpc) is 1.96. The second-order valence-corrected chi connectivity index (χ2v) is 3.98. The fraction of sp³-hybridized carbons (Fsp3) is 1.00. The third-order valence-electron chi connectivity index (χ3n) is 1.58. The van der Waals surface area contributed by atoms with E-state index in [1.54, 1.807) is 0 Å². The normalized spacial score (nSPS) is 12.5. The van der Waals surface area contributed by atoms with Crippen molar-refractivity contribution in [2.75, 3.05) is 19.8 Å². The highest BCUT2D eigenvalue weighted by Gasteiger charge is 2.11. The third-order valence-corrected chi connectivity index (χ3v) is 1.58.